The number of halogens is 1. The maximum Gasteiger partial charge on any atom is 0.225 e. The molecule has 1 aliphatic heterocycles. The Bertz CT molecular complexity index is 259. The first-order chi connectivity index (χ1) is 8.81. The van der Waals surface area contributed by atoms with E-state index >= 15 is 0 Å². The van der Waals surface area contributed by atoms with Crippen LogP contribution < -0.4 is 0 Å². The van der Waals surface area contributed by atoms with Crippen LogP contribution in [0.25, 0.3) is 0 Å². The first-order valence-electron chi connectivity index (χ1n) is 7.27. The molecule has 0 spiro atoms. The van der Waals surface area contributed by atoms with E-state index in [4.69, 9.17) is 16.3 Å². The van der Waals surface area contributed by atoms with Crippen molar-refractivity contribution in [2.24, 2.45) is 5.92 Å². The molecule has 2 aliphatic rings. The van der Waals surface area contributed by atoms with Gasteiger partial charge in [0.15, 0.2) is 0 Å². The molecule has 3 nitrogen and oxygen atoms in total. The van der Waals surface area contributed by atoms with Gasteiger partial charge < -0.3 is 9.64 Å². The van der Waals surface area contributed by atoms with Crippen molar-refractivity contribution in [1.29, 1.82) is 0 Å². The zero-order valence-electron chi connectivity index (χ0n) is 11.1. The smallest absolute Gasteiger partial charge is 0.225 e. The Labute approximate surface area is 115 Å². The molecule has 18 heavy (non-hydrogen) atoms. The molecule has 1 aliphatic carbocycles. The molecule has 0 aromatic heterocycles. The van der Waals surface area contributed by atoms with Crippen LogP contribution in [0, 0.1) is 5.92 Å². The molecule has 1 saturated heterocycles. The van der Waals surface area contributed by atoms with Gasteiger partial charge in [0.05, 0.1) is 12.7 Å². The van der Waals surface area contributed by atoms with Gasteiger partial charge >= 0.3 is 0 Å². The Kier molecular flexibility index (Phi) is 5.77. The lowest BCUT2D eigenvalue weighted by atomic mass is 9.88. The minimum atomic E-state index is 0.305. The number of carbonyl (C=O) groups excluding carboxylic acids is 1. The number of carbonyl (C=O) groups is 1. The van der Waals surface area contributed by atoms with Crippen molar-refractivity contribution < 1.29 is 9.53 Å². The van der Waals surface area contributed by atoms with Gasteiger partial charge in [-0.05, 0) is 25.7 Å². The predicted molar refractivity (Wildman–Crippen MR) is 72.8 cm³/mol. The second kappa shape index (κ2) is 7.34. The van der Waals surface area contributed by atoms with E-state index in [9.17, 15) is 4.79 Å². The molecule has 1 saturated carbocycles. The summed E-state index contributed by atoms with van der Waals surface area (Å²) in [7, 11) is 0. The van der Waals surface area contributed by atoms with E-state index in [1.54, 1.807) is 0 Å². The number of alkyl halides is 1. The SMILES string of the molecule is O=C(C1CCCCC1)N1CCC(OCCCl)CC1. The van der Waals surface area contributed by atoms with Crippen LogP contribution in [-0.4, -0.2) is 42.5 Å². The monoisotopic (exact) mass is 273 g/mol. The Morgan fingerprint density at radius 3 is 2.39 bits per heavy atom. The first-order valence-corrected chi connectivity index (χ1v) is 7.81. The molecule has 104 valence electrons. The van der Waals surface area contributed by atoms with E-state index in [0.717, 1.165) is 38.8 Å². The molecule has 0 unspecified atom stereocenters. The standard InChI is InChI=1S/C14H24ClNO2/c15-8-11-18-13-6-9-16(10-7-13)14(17)12-4-2-1-3-5-12/h12-13H,1-11H2. The lowest BCUT2D eigenvalue weighted by molar-refractivity contribution is -0.139. The summed E-state index contributed by atoms with van der Waals surface area (Å²) in [6.07, 6.45) is 8.20. The third kappa shape index (κ3) is 3.86. The molecule has 0 aromatic rings. The Hall–Kier alpha value is -0.280. The second-order valence-electron chi connectivity index (χ2n) is 5.42. The molecule has 0 radical (unpaired) electrons. The molecule has 4 heteroatoms. The quantitative estimate of drug-likeness (QED) is 0.737. The van der Waals surface area contributed by atoms with E-state index in [1.165, 1.54) is 19.3 Å². The molecule has 1 amide bonds. The van der Waals surface area contributed by atoms with Crippen LogP contribution in [0.2, 0.25) is 0 Å². The van der Waals surface area contributed by atoms with E-state index in [0.29, 0.717) is 30.4 Å². The van der Waals surface area contributed by atoms with Gasteiger partial charge in [-0.2, -0.15) is 0 Å². The van der Waals surface area contributed by atoms with E-state index in [2.05, 4.69) is 4.90 Å². The third-order valence-corrected chi connectivity index (χ3v) is 4.29. The van der Waals surface area contributed by atoms with Gasteiger partial charge in [0, 0.05) is 24.9 Å². The number of hydrogen-bond acceptors (Lipinski definition) is 2. The number of hydrogen-bond donors (Lipinski definition) is 0. The van der Waals surface area contributed by atoms with E-state index in [-0.39, 0.29) is 0 Å². The first kappa shape index (κ1) is 14.1. The van der Waals surface area contributed by atoms with Crippen molar-refractivity contribution in [1.82, 2.24) is 4.90 Å². The zero-order chi connectivity index (χ0) is 12.8. The van der Waals surface area contributed by atoms with Crippen molar-refractivity contribution in [3.05, 3.63) is 0 Å². The van der Waals surface area contributed by atoms with E-state index in [1.807, 2.05) is 0 Å². The zero-order valence-corrected chi connectivity index (χ0v) is 11.8. The average Bonchev–Trinajstić information content (AvgIpc) is 2.46. The summed E-state index contributed by atoms with van der Waals surface area (Å²) in [5.74, 6) is 1.26. The van der Waals surface area contributed by atoms with Crippen molar-refractivity contribution in [3.8, 4) is 0 Å². The molecule has 2 rings (SSSR count). The number of nitrogens with zero attached hydrogens (tertiary/aromatic N) is 1. The van der Waals surface area contributed by atoms with Crippen molar-refractivity contribution in [2.75, 3.05) is 25.6 Å². The molecule has 1 heterocycles. The van der Waals surface area contributed by atoms with Gasteiger partial charge in [0.2, 0.25) is 5.91 Å². The maximum absolute atomic E-state index is 12.3. The lowest BCUT2D eigenvalue weighted by Gasteiger charge is -2.35. The van der Waals surface area contributed by atoms with E-state index < -0.39 is 0 Å². The highest BCUT2D eigenvalue weighted by Crippen LogP contribution is 2.26. The normalized spacial score (nSPS) is 23.3. The summed E-state index contributed by atoms with van der Waals surface area (Å²) in [6, 6.07) is 0. The van der Waals surface area contributed by atoms with Crippen molar-refractivity contribution in [3.63, 3.8) is 0 Å². The topological polar surface area (TPSA) is 29.5 Å². The second-order valence-corrected chi connectivity index (χ2v) is 5.80. The summed E-state index contributed by atoms with van der Waals surface area (Å²) in [6.45, 7) is 2.35. The summed E-state index contributed by atoms with van der Waals surface area (Å²) in [5, 5.41) is 0. The minimum absolute atomic E-state index is 0.305. The largest absolute Gasteiger partial charge is 0.377 e. The number of rotatable bonds is 4. The molecular formula is C14H24ClNO2. The van der Waals surface area contributed by atoms with Gasteiger partial charge in [-0.1, -0.05) is 19.3 Å². The number of likely N-dealkylation sites (tertiary alicyclic amines) is 1. The van der Waals surface area contributed by atoms with Crippen molar-refractivity contribution in [2.45, 2.75) is 51.0 Å². The average molecular weight is 274 g/mol. The highest BCUT2D eigenvalue weighted by Gasteiger charge is 2.29. The van der Waals surface area contributed by atoms with Gasteiger partial charge in [-0.15, -0.1) is 11.6 Å². The summed E-state index contributed by atoms with van der Waals surface area (Å²) < 4.78 is 5.64. The van der Waals surface area contributed by atoms with Crippen LogP contribution in [0.3, 0.4) is 0 Å². The van der Waals surface area contributed by atoms with Crippen LogP contribution >= 0.6 is 11.6 Å². The van der Waals surface area contributed by atoms with Crippen LogP contribution in [-0.2, 0) is 9.53 Å². The number of ether oxygens (including phenoxy) is 1. The lowest BCUT2D eigenvalue weighted by Crippen LogP contribution is -2.44. The Morgan fingerprint density at radius 1 is 1.11 bits per heavy atom. The number of amides is 1. The fourth-order valence-corrected chi connectivity index (χ4v) is 3.15. The Morgan fingerprint density at radius 2 is 1.78 bits per heavy atom. The molecule has 0 aromatic carbocycles. The van der Waals surface area contributed by atoms with Gasteiger partial charge in [0.1, 0.15) is 0 Å². The predicted octanol–water partition coefficient (Wildman–Crippen LogP) is 2.81. The molecule has 0 bridgehead atoms. The molecular weight excluding hydrogens is 250 g/mol. The van der Waals surface area contributed by atoms with Gasteiger partial charge in [-0.25, -0.2) is 0 Å². The molecule has 0 N–H and O–H groups in total. The van der Waals surface area contributed by atoms with Crippen LogP contribution in [0.1, 0.15) is 44.9 Å². The van der Waals surface area contributed by atoms with Crippen LogP contribution in [0.4, 0.5) is 0 Å². The fraction of sp³-hybridized carbons (Fsp3) is 0.929. The van der Waals surface area contributed by atoms with Crippen LogP contribution in [0.15, 0.2) is 0 Å². The minimum Gasteiger partial charge on any atom is -0.377 e. The molecule has 0 atom stereocenters. The van der Waals surface area contributed by atoms with Crippen molar-refractivity contribution >= 4 is 17.5 Å². The summed E-state index contributed by atoms with van der Waals surface area (Å²) in [4.78, 5) is 14.4. The maximum atomic E-state index is 12.3. The van der Waals surface area contributed by atoms with Crippen LogP contribution in [0.5, 0.6) is 0 Å². The summed E-state index contributed by atoms with van der Waals surface area (Å²) in [5.41, 5.74) is 0. The fourth-order valence-electron chi connectivity index (χ4n) is 3.06. The number of piperidine rings is 1. The summed E-state index contributed by atoms with van der Waals surface area (Å²) >= 11 is 5.61. The van der Waals surface area contributed by atoms with Gasteiger partial charge in [0.25, 0.3) is 0 Å². The third-order valence-electron chi connectivity index (χ3n) is 4.14. The molecule has 2 fully saturated rings. The van der Waals surface area contributed by atoms with Gasteiger partial charge in [-0.3, -0.25) is 4.79 Å². The highest BCUT2D eigenvalue weighted by atomic mass is 35.5. The highest BCUT2D eigenvalue weighted by molar-refractivity contribution is 6.17. The Balaban J connectivity index is 1.73.